The Morgan fingerprint density at radius 1 is 1.14 bits per heavy atom. The van der Waals surface area contributed by atoms with Crippen molar-refractivity contribution in [3.05, 3.63) is 53.1 Å². The summed E-state index contributed by atoms with van der Waals surface area (Å²) >= 11 is 7.43. The largest absolute Gasteiger partial charge is 1.00 e. The maximum absolute atomic E-state index is 12.9. The first kappa shape index (κ1) is 23.4. The molecule has 3 rings (SSSR count). The van der Waals surface area contributed by atoms with Crippen LogP contribution in [0.3, 0.4) is 0 Å². The van der Waals surface area contributed by atoms with Gasteiger partial charge in [-0.25, -0.2) is 4.98 Å². The molecular formula is C21H24Cl2N3O2S-. The molecule has 1 amide bonds. The Hall–Kier alpha value is -1.86. The van der Waals surface area contributed by atoms with Crippen LogP contribution in [0.1, 0.15) is 12.0 Å². The number of thiazole rings is 1. The summed E-state index contributed by atoms with van der Waals surface area (Å²) in [6, 6.07) is 13.1. The summed E-state index contributed by atoms with van der Waals surface area (Å²) in [6.07, 6.45) is 0.856. The van der Waals surface area contributed by atoms with Crippen LogP contribution < -0.4 is 22.0 Å². The molecule has 0 spiro atoms. The number of hydrogen-bond acceptors (Lipinski definition) is 5. The van der Waals surface area contributed by atoms with Gasteiger partial charge in [-0.1, -0.05) is 29.0 Å². The van der Waals surface area contributed by atoms with Gasteiger partial charge >= 0.3 is 0 Å². The van der Waals surface area contributed by atoms with E-state index >= 15 is 0 Å². The summed E-state index contributed by atoms with van der Waals surface area (Å²) in [7, 11) is 4.05. The molecule has 0 N–H and O–H groups in total. The number of aryl methyl sites for hydroxylation is 1. The molecule has 3 aromatic rings. The number of amides is 1. The summed E-state index contributed by atoms with van der Waals surface area (Å²) in [5.74, 6) is 0.510. The van der Waals surface area contributed by atoms with E-state index in [2.05, 4.69) is 22.9 Å². The molecule has 0 aliphatic heterocycles. The van der Waals surface area contributed by atoms with E-state index in [0.29, 0.717) is 22.4 Å². The van der Waals surface area contributed by atoms with Gasteiger partial charge in [0.1, 0.15) is 5.75 Å². The minimum atomic E-state index is -0.107. The maximum Gasteiger partial charge on any atom is 0.266 e. The minimum absolute atomic E-state index is 0. The fraction of sp³-hybridized carbons (Fsp3) is 0.333. The summed E-state index contributed by atoms with van der Waals surface area (Å²) < 4.78 is 6.74. The number of rotatable bonds is 8. The molecule has 0 fully saturated rings. The Morgan fingerprint density at radius 2 is 1.86 bits per heavy atom. The lowest BCUT2D eigenvalue weighted by molar-refractivity contribution is -0.120. The molecule has 0 saturated heterocycles. The second-order valence-corrected chi connectivity index (χ2v) is 8.36. The molecular weight excluding hydrogens is 429 g/mol. The lowest BCUT2D eigenvalue weighted by atomic mass is 10.2. The Labute approximate surface area is 186 Å². The molecule has 1 heterocycles. The zero-order chi connectivity index (χ0) is 20.1. The molecule has 8 heteroatoms. The molecule has 1 aromatic heterocycles. The average Bonchev–Trinajstić information content (AvgIpc) is 3.07. The van der Waals surface area contributed by atoms with Gasteiger partial charge in [-0.15, -0.1) is 0 Å². The van der Waals surface area contributed by atoms with Crippen molar-refractivity contribution in [3.63, 3.8) is 0 Å². The first-order chi connectivity index (χ1) is 13.4. The van der Waals surface area contributed by atoms with Gasteiger partial charge in [-0.3, -0.25) is 9.69 Å². The summed E-state index contributed by atoms with van der Waals surface area (Å²) in [5, 5.41) is 1.35. The van der Waals surface area contributed by atoms with Crippen LogP contribution in [0.4, 0.5) is 5.13 Å². The van der Waals surface area contributed by atoms with Crippen LogP contribution in [0, 0.1) is 6.92 Å². The third kappa shape index (κ3) is 6.57. The van der Waals surface area contributed by atoms with Crippen LogP contribution >= 0.6 is 22.9 Å². The zero-order valence-corrected chi connectivity index (χ0v) is 19.0. The van der Waals surface area contributed by atoms with Crippen LogP contribution in [0.25, 0.3) is 10.2 Å². The van der Waals surface area contributed by atoms with E-state index in [-0.39, 0.29) is 24.9 Å². The molecule has 2 aromatic carbocycles. The van der Waals surface area contributed by atoms with Gasteiger partial charge in [0.25, 0.3) is 5.91 Å². The molecule has 0 radical (unpaired) electrons. The third-order valence-corrected chi connectivity index (χ3v) is 5.52. The fourth-order valence-corrected chi connectivity index (χ4v) is 3.99. The lowest BCUT2D eigenvalue weighted by Crippen LogP contribution is -3.00. The second kappa shape index (κ2) is 10.8. The predicted molar refractivity (Wildman–Crippen MR) is 117 cm³/mol. The topological polar surface area (TPSA) is 45.7 Å². The molecule has 0 unspecified atom stereocenters. The number of ether oxygens (including phenoxy) is 1. The molecule has 0 aliphatic rings. The quantitative estimate of drug-likeness (QED) is 0.520. The SMILES string of the molecule is Cc1ccc2nc(N(CCCN(C)C)C(=O)COc3ccc(Cl)cc3)sc2c1.[Cl-]. The van der Waals surface area contributed by atoms with E-state index in [1.165, 1.54) is 16.9 Å². The van der Waals surface area contributed by atoms with E-state index in [1.807, 2.05) is 26.2 Å². The highest BCUT2D eigenvalue weighted by molar-refractivity contribution is 7.22. The third-order valence-electron chi connectivity index (χ3n) is 4.23. The van der Waals surface area contributed by atoms with E-state index in [4.69, 9.17) is 16.3 Å². The van der Waals surface area contributed by atoms with Crippen molar-refractivity contribution in [2.75, 3.05) is 38.7 Å². The Kier molecular flexibility index (Phi) is 8.71. The summed E-state index contributed by atoms with van der Waals surface area (Å²) in [4.78, 5) is 21.4. The smallest absolute Gasteiger partial charge is 0.266 e. The number of nitrogens with zero attached hydrogens (tertiary/aromatic N) is 3. The first-order valence-corrected chi connectivity index (χ1v) is 10.3. The van der Waals surface area contributed by atoms with Crippen molar-refractivity contribution in [2.24, 2.45) is 0 Å². The van der Waals surface area contributed by atoms with E-state index < -0.39 is 0 Å². The number of benzene rings is 2. The summed E-state index contributed by atoms with van der Waals surface area (Å²) in [6.45, 7) is 3.50. The minimum Gasteiger partial charge on any atom is -1.00 e. The summed E-state index contributed by atoms with van der Waals surface area (Å²) in [5.41, 5.74) is 2.09. The monoisotopic (exact) mass is 452 g/mol. The molecule has 0 atom stereocenters. The molecule has 29 heavy (non-hydrogen) atoms. The van der Waals surface area contributed by atoms with Gasteiger partial charge in [0, 0.05) is 11.6 Å². The van der Waals surface area contributed by atoms with Crippen molar-refractivity contribution in [1.29, 1.82) is 0 Å². The average molecular weight is 453 g/mol. The fourth-order valence-electron chi connectivity index (χ4n) is 2.76. The van der Waals surface area contributed by atoms with E-state index in [0.717, 1.165) is 23.2 Å². The molecule has 0 saturated carbocycles. The maximum atomic E-state index is 12.9. The van der Waals surface area contributed by atoms with Gasteiger partial charge in [0.05, 0.1) is 10.2 Å². The molecule has 0 bridgehead atoms. The highest BCUT2D eigenvalue weighted by Crippen LogP contribution is 2.30. The second-order valence-electron chi connectivity index (χ2n) is 6.91. The van der Waals surface area contributed by atoms with Crippen molar-refractivity contribution < 1.29 is 21.9 Å². The number of anilines is 1. The van der Waals surface area contributed by atoms with Crippen LogP contribution in [0.5, 0.6) is 5.75 Å². The Balaban J connectivity index is 0.00000300. The Bertz CT molecular complexity index is 945. The van der Waals surface area contributed by atoms with Crippen molar-refractivity contribution in [1.82, 2.24) is 9.88 Å². The van der Waals surface area contributed by atoms with Gasteiger partial charge < -0.3 is 22.0 Å². The highest BCUT2D eigenvalue weighted by atomic mass is 35.5. The lowest BCUT2D eigenvalue weighted by Gasteiger charge is -2.21. The number of fused-ring (bicyclic) bond motifs is 1. The predicted octanol–water partition coefficient (Wildman–Crippen LogP) is 1.63. The van der Waals surface area contributed by atoms with Gasteiger partial charge in [0.2, 0.25) is 0 Å². The van der Waals surface area contributed by atoms with E-state index in [1.54, 1.807) is 29.2 Å². The van der Waals surface area contributed by atoms with Crippen molar-refractivity contribution in [3.8, 4) is 5.75 Å². The molecule has 5 nitrogen and oxygen atoms in total. The standard InChI is InChI=1S/C21H24ClN3O2S.ClH/c1-15-5-10-18-19(13-15)28-21(23-18)25(12-4-11-24(2)3)20(26)14-27-17-8-6-16(22)7-9-17;/h5-10,13H,4,11-12,14H2,1-3H3;1H/p-1. The van der Waals surface area contributed by atoms with Crippen LogP contribution in [0.15, 0.2) is 42.5 Å². The normalized spacial score (nSPS) is 10.8. The first-order valence-electron chi connectivity index (χ1n) is 9.13. The number of halogens is 2. The van der Waals surface area contributed by atoms with Crippen molar-refractivity contribution >= 4 is 44.2 Å². The zero-order valence-electron chi connectivity index (χ0n) is 16.7. The number of hydrogen-bond donors (Lipinski definition) is 0. The number of aromatic nitrogens is 1. The molecule has 0 aliphatic carbocycles. The molecule has 156 valence electrons. The van der Waals surface area contributed by atoms with Crippen LogP contribution in [-0.4, -0.2) is 49.6 Å². The number of carbonyl (C=O) groups excluding carboxylic acids is 1. The van der Waals surface area contributed by atoms with Crippen LogP contribution in [0.2, 0.25) is 5.02 Å². The number of carbonyl (C=O) groups is 1. The van der Waals surface area contributed by atoms with Crippen molar-refractivity contribution in [2.45, 2.75) is 13.3 Å². The van der Waals surface area contributed by atoms with Gasteiger partial charge in [-0.05, 0) is 75.9 Å². The highest BCUT2D eigenvalue weighted by Gasteiger charge is 2.20. The van der Waals surface area contributed by atoms with Crippen LogP contribution in [-0.2, 0) is 4.79 Å². The Morgan fingerprint density at radius 3 is 2.55 bits per heavy atom. The van der Waals surface area contributed by atoms with E-state index in [9.17, 15) is 4.79 Å². The van der Waals surface area contributed by atoms with Gasteiger partial charge in [0.15, 0.2) is 11.7 Å². The van der Waals surface area contributed by atoms with Gasteiger partial charge in [-0.2, -0.15) is 0 Å².